The van der Waals surface area contributed by atoms with E-state index in [1.54, 1.807) is 0 Å². The molecule has 0 saturated heterocycles. The molecule has 0 aromatic heterocycles. The zero-order valence-electron chi connectivity index (χ0n) is 15.1. The Morgan fingerprint density at radius 2 is 1.88 bits per heavy atom. The van der Waals surface area contributed by atoms with Crippen LogP contribution >= 0.6 is 11.8 Å². The predicted molar refractivity (Wildman–Crippen MR) is 108 cm³/mol. The Morgan fingerprint density at radius 1 is 1.12 bits per heavy atom. The third-order valence-electron chi connectivity index (χ3n) is 4.39. The van der Waals surface area contributed by atoms with Crippen LogP contribution in [0, 0.1) is 12.8 Å². The summed E-state index contributed by atoms with van der Waals surface area (Å²) in [7, 11) is 0. The van der Waals surface area contributed by atoms with Crippen LogP contribution in [0.25, 0.3) is 0 Å². The van der Waals surface area contributed by atoms with E-state index in [1.807, 2.05) is 62.4 Å². The third kappa shape index (κ3) is 4.88. The molecule has 26 heavy (non-hydrogen) atoms. The molecule has 1 fully saturated rings. The quantitative estimate of drug-likeness (QED) is 0.687. The zero-order valence-corrected chi connectivity index (χ0v) is 15.9. The average Bonchev–Trinajstić information content (AvgIpc) is 3.47. The van der Waals surface area contributed by atoms with Gasteiger partial charge in [-0.25, -0.2) is 0 Å². The molecular formula is C21H24N2O2S. The number of thioether (sulfide) groups is 1. The maximum absolute atomic E-state index is 12.7. The van der Waals surface area contributed by atoms with Crippen molar-refractivity contribution in [2.24, 2.45) is 5.92 Å². The van der Waals surface area contributed by atoms with Gasteiger partial charge in [0.15, 0.2) is 0 Å². The molecule has 2 aromatic carbocycles. The second-order valence-electron chi connectivity index (χ2n) is 6.61. The molecular weight excluding hydrogens is 344 g/mol. The van der Waals surface area contributed by atoms with E-state index < -0.39 is 0 Å². The number of carbonyl (C=O) groups is 2. The number of benzene rings is 2. The molecule has 1 atom stereocenters. The van der Waals surface area contributed by atoms with Crippen molar-refractivity contribution in [3.8, 4) is 0 Å². The molecule has 1 aliphatic rings. The fourth-order valence-corrected chi connectivity index (χ4v) is 3.66. The Morgan fingerprint density at radius 3 is 2.58 bits per heavy atom. The Labute approximate surface area is 158 Å². The highest BCUT2D eigenvalue weighted by molar-refractivity contribution is 8.00. The molecule has 4 nitrogen and oxygen atoms in total. The summed E-state index contributed by atoms with van der Waals surface area (Å²) in [6.45, 7) is 3.99. The maximum Gasteiger partial charge on any atom is 0.237 e. The second kappa shape index (κ2) is 8.41. The first-order valence-corrected chi connectivity index (χ1v) is 9.89. The molecule has 2 amide bonds. The van der Waals surface area contributed by atoms with Crippen molar-refractivity contribution in [1.29, 1.82) is 0 Å². The maximum atomic E-state index is 12.7. The van der Waals surface area contributed by atoms with Crippen molar-refractivity contribution < 1.29 is 9.59 Å². The molecule has 0 heterocycles. The third-order valence-corrected chi connectivity index (χ3v) is 5.75. The Bertz CT molecular complexity index is 802. The molecule has 0 spiro atoms. The summed E-state index contributed by atoms with van der Waals surface area (Å²) in [5, 5.41) is 5.79. The van der Waals surface area contributed by atoms with Gasteiger partial charge in [-0.15, -0.1) is 11.8 Å². The molecule has 0 bridgehead atoms. The summed E-state index contributed by atoms with van der Waals surface area (Å²) in [5.74, 6) is 0.269. The first kappa shape index (κ1) is 18.5. The van der Waals surface area contributed by atoms with Gasteiger partial charge in [-0.3, -0.25) is 9.59 Å². The van der Waals surface area contributed by atoms with Gasteiger partial charge < -0.3 is 10.6 Å². The zero-order chi connectivity index (χ0) is 18.5. The topological polar surface area (TPSA) is 58.2 Å². The minimum absolute atomic E-state index is 0.000723. The van der Waals surface area contributed by atoms with Gasteiger partial charge in [0.25, 0.3) is 0 Å². The van der Waals surface area contributed by atoms with Gasteiger partial charge in [0.2, 0.25) is 11.8 Å². The minimum atomic E-state index is -0.191. The van der Waals surface area contributed by atoms with E-state index in [-0.39, 0.29) is 23.0 Å². The number of nitrogens with one attached hydrogen (secondary N) is 2. The molecule has 1 saturated carbocycles. The molecule has 0 aliphatic heterocycles. The van der Waals surface area contributed by atoms with E-state index in [0.717, 1.165) is 41.1 Å². The molecule has 1 aliphatic carbocycles. The lowest BCUT2D eigenvalue weighted by molar-refractivity contribution is -0.117. The fraction of sp³-hybridized carbons (Fsp3) is 0.333. The number of amides is 2. The Hall–Kier alpha value is -2.27. The summed E-state index contributed by atoms with van der Waals surface area (Å²) in [6, 6.07) is 15.5. The Balaban J connectivity index is 1.64. The Kier molecular flexibility index (Phi) is 5.99. The van der Waals surface area contributed by atoms with Gasteiger partial charge in [0.05, 0.1) is 5.25 Å². The SMILES string of the molecule is CCC(Sc1cccc(NC(=O)C2CC2)c1)C(=O)Nc1ccccc1C. The molecule has 2 N–H and O–H groups in total. The minimum Gasteiger partial charge on any atom is -0.326 e. The molecule has 1 unspecified atom stereocenters. The van der Waals surface area contributed by atoms with Gasteiger partial charge in [-0.05, 0) is 56.0 Å². The number of anilines is 2. The van der Waals surface area contributed by atoms with Crippen LogP contribution in [-0.2, 0) is 9.59 Å². The van der Waals surface area contributed by atoms with Crippen molar-refractivity contribution in [3.05, 3.63) is 54.1 Å². The fourth-order valence-electron chi connectivity index (χ4n) is 2.65. The van der Waals surface area contributed by atoms with Crippen molar-refractivity contribution in [2.75, 3.05) is 10.6 Å². The van der Waals surface area contributed by atoms with E-state index in [9.17, 15) is 9.59 Å². The number of rotatable bonds is 7. The van der Waals surface area contributed by atoms with Crippen LogP contribution < -0.4 is 10.6 Å². The summed E-state index contributed by atoms with van der Waals surface area (Å²) in [4.78, 5) is 25.6. The second-order valence-corrected chi connectivity index (χ2v) is 7.89. The lowest BCUT2D eigenvalue weighted by Gasteiger charge is -2.16. The van der Waals surface area contributed by atoms with Gasteiger partial charge in [0, 0.05) is 22.2 Å². The molecule has 5 heteroatoms. The average molecular weight is 369 g/mol. The standard InChI is InChI=1S/C21H24N2O2S/c1-3-19(21(25)23-18-10-5-4-7-14(18)2)26-17-9-6-8-16(13-17)22-20(24)15-11-12-15/h4-10,13,15,19H,3,11-12H2,1-2H3,(H,22,24)(H,23,25). The van der Waals surface area contributed by atoms with Crippen LogP contribution in [0.1, 0.15) is 31.7 Å². The van der Waals surface area contributed by atoms with Gasteiger partial charge in [-0.1, -0.05) is 31.2 Å². The number of carbonyl (C=O) groups excluding carboxylic acids is 2. The summed E-state index contributed by atoms with van der Waals surface area (Å²) in [5.41, 5.74) is 2.69. The summed E-state index contributed by atoms with van der Waals surface area (Å²) < 4.78 is 0. The van der Waals surface area contributed by atoms with Gasteiger partial charge in [0.1, 0.15) is 0 Å². The van der Waals surface area contributed by atoms with Crippen LogP contribution in [0.4, 0.5) is 11.4 Å². The highest BCUT2D eigenvalue weighted by Crippen LogP contribution is 2.32. The van der Waals surface area contributed by atoms with Crippen LogP contribution in [0.2, 0.25) is 0 Å². The first-order chi connectivity index (χ1) is 12.6. The summed E-state index contributed by atoms with van der Waals surface area (Å²) >= 11 is 1.52. The molecule has 2 aromatic rings. The van der Waals surface area contributed by atoms with E-state index in [0.29, 0.717) is 0 Å². The van der Waals surface area contributed by atoms with E-state index in [2.05, 4.69) is 10.6 Å². The van der Waals surface area contributed by atoms with E-state index >= 15 is 0 Å². The monoisotopic (exact) mass is 368 g/mol. The first-order valence-electron chi connectivity index (χ1n) is 9.01. The van der Waals surface area contributed by atoms with Crippen molar-refractivity contribution in [3.63, 3.8) is 0 Å². The van der Waals surface area contributed by atoms with E-state index in [1.165, 1.54) is 11.8 Å². The largest absolute Gasteiger partial charge is 0.326 e. The van der Waals surface area contributed by atoms with Crippen molar-refractivity contribution in [1.82, 2.24) is 0 Å². The highest BCUT2D eigenvalue weighted by atomic mass is 32.2. The summed E-state index contributed by atoms with van der Waals surface area (Å²) in [6.07, 6.45) is 2.69. The van der Waals surface area contributed by atoms with Crippen LogP contribution in [-0.4, -0.2) is 17.1 Å². The number of hydrogen-bond acceptors (Lipinski definition) is 3. The lowest BCUT2D eigenvalue weighted by atomic mass is 10.2. The van der Waals surface area contributed by atoms with Crippen molar-refractivity contribution in [2.45, 2.75) is 43.3 Å². The molecule has 136 valence electrons. The van der Waals surface area contributed by atoms with Crippen LogP contribution in [0.5, 0.6) is 0 Å². The van der Waals surface area contributed by atoms with Crippen molar-refractivity contribution >= 4 is 35.0 Å². The van der Waals surface area contributed by atoms with Crippen LogP contribution in [0.15, 0.2) is 53.4 Å². The number of para-hydroxylation sites is 1. The lowest BCUT2D eigenvalue weighted by Crippen LogP contribution is -2.24. The number of aryl methyl sites for hydroxylation is 1. The predicted octanol–water partition coefficient (Wildman–Crippen LogP) is 4.85. The smallest absolute Gasteiger partial charge is 0.237 e. The molecule has 3 rings (SSSR count). The van der Waals surface area contributed by atoms with E-state index in [4.69, 9.17) is 0 Å². The van der Waals surface area contributed by atoms with Gasteiger partial charge in [-0.2, -0.15) is 0 Å². The highest BCUT2D eigenvalue weighted by Gasteiger charge is 2.29. The van der Waals surface area contributed by atoms with Crippen LogP contribution in [0.3, 0.4) is 0 Å². The molecule has 0 radical (unpaired) electrons. The van der Waals surface area contributed by atoms with Gasteiger partial charge >= 0.3 is 0 Å². The number of hydrogen-bond donors (Lipinski definition) is 2. The normalized spacial score (nSPS) is 14.5.